The first kappa shape index (κ1) is 21.3. The summed E-state index contributed by atoms with van der Waals surface area (Å²) in [5, 5.41) is 0. The second kappa shape index (κ2) is 8.09. The molecule has 2 aliphatic rings. The number of alkyl halides is 3. The summed E-state index contributed by atoms with van der Waals surface area (Å²) < 4.78 is 38.5. The number of rotatable bonds is 4. The van der Waals surface area contributed by atoms with Gasteiger partial charge in [0.15, 0.2) is 11.5 Å². The lowest BCUT2D eigenvalue weighted by Gasteiger charge is -2.38. The summed E-state index contributed by atoms with van der Waals surface area (Å²) in [6, 6.07) is 8.87. The van der Waals surface area contributed by atoms with Crippen LogP contribution in [-0.4, -0.2) is 56.4 Å². The van der Waals surface area contributed by atoms with Gasteiger partial charge in [0.25, 0.3) is 5.91 Å². The van der Waals surface area contributed by atoms with Gasteiger partial charge < -0.3 is 9.80 Å². The SMILES string of the molecule is CN(c1cnc(C(F)(F)F)cn1)[C@@H]1C[C@H]2C[C@@H]1N(C(=O)c1ccccc1-c1ncccn1)C2. The molecule has 0 radical (unpaired) electrons. The molecule has 2 fully saturated rings. The molecular formula is C23H21F3N6O. The van der Waals surface area contributed by atoms with Crippen LogP contribution in [0, 0.1) is 5.92 Å². The van der Waals surface area contributed by atoms with Crippen LogP contribution in [0.1, 0.15) is 28.9 Å². The van der Waals surface area contributed by atoms with E-state index in [2.05, 4.69) is 19.9 Å². The van der Waals surface area contributed by atoms with Crippen molar-refractivity contribution in [2.75, 3.05) is 18.5 Å². The second-order valence-corrected chi connectivity index (χ2v) is 8.42. The Morgan fingerprint density at radius 2 is 1.79 bits per heavy atom. The number of nitrogens with zero attached hydrogens (tertiary/aromatic N) is 6. The van der Waals surface area contributed by atoms with Gasteiger partial charge in [0.1, 0.15) is 5.82 Å². The quantitative estimate of drug-likeness (QED) is 0.599. The number of anilines is 1. The normalized spacial score (nSPS) is 21.9. The van der Waals surface area contributed by atoms with Gasteiger partial charge in [-0.15, -0.1) is 0 Å². The average molecular weight is 454 g/mol. The van der Waals surface area contributed by atoms with E-state index in [1.165, 1.54) is 0 Å². The standard InChI is InChI=1S/C23H21F3N6O/c1-31(20-12-29-19(11-30-20)23(24,25)26)17-9-14-10-18(17)32(13-14)22(33)16-6-3-2-5-15(16)21-27-7-4-8-28-21/h2-8,11-12,14,17-18H,9-10,13H2,1H3/t14-,17+,18-/m0/s1. The van der Waals surface area contributed by atoms with Crippen molar-refractivity contribution in [1.82, 2.24) is 24.8 Å². The van der Waals surface area contributed by atoms with Crippen LogP contribution in [0.5, 0.6) is 0 Å². The van der Waals surface area contributed by atoms with Crippen LogP contribution in [0.25, 0.3) is 11.4 Å². The van der Waals surface area contributed by atoms with Crippen LogP contribution in [-0.2, 0) is 6.18 Å². The molecule has 1 saturated heterocycles. The average Bonchev–Trinajstić information content (AvgIpc) is 3.45. The molecule has 0 N–H and O–H groups in total. The minimum atomic E-state index is -4.53. The minimum Gasteiger partial charge on any atom is -0.353 e. The highest BCUT2D eigenvalue weighted by molar-refractivity contribution is 6.00. The Kier molecular flexibility index (Phi) is 5.22. The lowest BCUT2D eigenvalue weighted by molar-refractivity contribution is -0.141. The van der Waals surface area contributed by atoms with E-state index in [9.17, 15) is 18.0 Å². The predicted molar refractivity (Wildman–Crippen MR) is 114 cm³/mol. The number of benzene rings is 1. The monoisotopic (exact) mass is 454 g/mol. The molecule has 3 atom stereocenters. The molecule has 1 saturated carbocycles. The Morgan fingerprint density at radius 3 is 2.45 bits per heavy atom. The number of piperidine rings is 1. The van der Waals surface area contributed by atoms with E-state index >= 15 is 0 Å². The maximum absolute atomic E-state index is 13.6. The number of aromatic nitrogens is 4. The molecule has 1 aliphatic carbocycles. The first-order valence-electron chi connectivity index (χ1n) is 10.6. The topological polar surface area (TPSA) is 75.1 Å². The predicted octanol–water partition coefficient (Wildman–Crippen LogP) is 3.69. The van der Waals surface area contributed by atoms with Gasteiger partial charge in [0.2, 0.25) is 0 Å². The van der Waals surface area contributed by atoms with Crippen LogP contribution >= 0.6 is 0 Å². The van der Waals surface area contributed by atoms with E-state index in [1.807, 2.05) is 28.0 Å². The van der Waals surface area contributed by atoms with Gasteiger partial charge in [-0.25, -0.2) is 19.9 Å². The van der Waals surface area contributed by atoms with Crippen LogP contribution < -0.4 is 4.90 Å². The smallest absolute Gasteiger partial charge is 0.353 e. The molecule has 3 aromatic rings. The second-order valence-electron chi connectivity index (χ2n) is 8.42. The highest BCUT2D eigenvalue weighted by atomic mass is 19.4. The number of likely N-dealkylation sites (N-methyl/N-ethyl adjacent to an activating group) is 1. The summed E-state index contributed by atoms with van der Waals surface area (Å²) in [4.78, 5) is 33.4. The molecule has 10 heteroatoms. The van der Waals surface area contributed by atoms with Crippen molar-refractivity contribution in [3.63, 3.8) is 0 Å². The number of likely N-dealkylation sites (tertiary alicyclic amines) is 1. The Labute approximate surface area is 188 Å². The van der Waals surface area contributed by atoms with Crippen LogP contribution in [0.15, 0.2) is 55.1 Å². The Hall–Kier alpha value is -3.56. The van der Waals surface area contributed by atoms with E-state index in [0.717, 1.165) is 25.2 Å². The van der Waals surface area contributed by atoms with E-state index in [-0.39, 0.29) is 18.0 Å². The molecule has 7 nitrogen and oxygen atoms in total. The van der Waals surface area contributed by atoms with Crippen molar-refractivity contribution in [3.8, 4) is 11.4 Å². The zero-order valence-electron chi connectivity index (χ0n) is 17.8. The third kappa shape index (κ3) is 3.90. The molecule has 0 spiro atoms. The number of hydrogen-bond donors (Lipinski definition) is 0. The van der Waals surface area contributed by atoms with Crippen molar-refractivity contribution in [1.29, 1.82) is 0 Å². The minimum absolute atomic E-state index is 0.0566. The summed E-state index contributed by atoms with van der Waals surface area (Å²) in [6.45, 7) is 0.649. The van der Waals surface area contributed by atoms with Crippen molar-refractivity contribution < 1.29 is 18.0 Å². The molecule has 5 rings (SSSR count). The molecule has 2 aromatic heterocycles. The highest BCUT2D eigenvalue weighted by Gasteiger charge is 2.49. The fraction of sp³-hybridized carbons (Fsp3) is 0.348. The third-order valence-corrected chi connectivity index (χ3v) is 6.46. The fourth-order valence-corrected chi connectivity index (χ4v) is 4.92. The molecule has 1 amide bonds. The maximum atomic E-state index is 13.6. The highest BCUT2D eigenvalue weighted by Crippen LogP contribution is 2.42. The Balaban J connectivity index is 1.39. The zero-order valence-corrected chi connectivity index (χ0v) is 17.8. The molecule has 2 bridgehead atoms. The number of hydrogen-bond acceptors (Lipinski definition) is 6. The lowest BCUT2D eigenvalue weighted by Crippen LogP contribution is -2.51. The molecule has 3 heterocycles. The van der Waals surface area contributed by atoms with Gasteiger partial charge in [-0.2, -0.15) is 13.2 Å². The van der Waals surface area contributed by atoms with E-state index in [1.54, 1.807) is 31.6 Å². The van der Waals surface area contributed by atoms with Gasteiger partial charge in [0.05, 0.1) is 30.0 Å². The number of halogens is 3. The largest absolute Gasteiger partial charge is 0.434 e. The summed E-state index contributed by atoms with van der Waals surface area (Å²) >= 11 is 0. The molecule has 170 valence electrons. The van der Waals surface area contributed by atoms with Crippen LogP contribution in [0.4, 0.5) is 19.0 Å². The Morgan fingerprint density at radius 1 is 1.03 bits per heavy atom. The number of fused-ring (bicyclic) bond motifs is 2. The van der Waals surface area contributed by atoms with Crippen molar-refractivity contribution in [2.24, 2.45) is 5.92 Å². The molecule has 33 heavy (non-hydrogen) atoms. The van der Waals surface area contributed by atoms with Crippen LogP contribution in [0.3, 0.4) is 0 Å². The summed E-state index contributed by atoms with van der Waals surface area (Å²) in [7, 11) is 1.79. The van der Waals surface area contributed by atoms with Gasteiger partial charge in [-0.1, -0.05) is 18.2 Å². The first-order valence-corrected chi connectivity index (χ1v) is 10.6. The number of amides is 1. The number of carbonyl (C=O) groups excluding carboxylic acids is 1. The molecule has 0 unspecified atom stereocenters. The van der Waals surface area contributed by atoms with E-state index in [0.29, 0.717) is 35.2 Å². The Bertz CT molecular complexity index is 1150. The van der Waals surface area contributed by atoms with E-state index in [4.69, 9.17) is 0 Å². The van der Waals surface area contributed by atoms with Crippen molar-refractivity contribution >= 4 is 11.7 Å². The van der Waals surface area contributed by atoms with Gasteiger partial charge >= 0.3 is 6.18 Å². The lowest BCUT2D eigenvalue weighted by atomic mass is 10.0. The van der Waals surface area contributed by atoms with Gasteiger partial charge in [0, 0.05) is 31.5 Å². The molecule has 1 aliphatic heterocycles. The van der Waals surface area contributed by atoms with E-state index < -0.39 is 11.9 Å². The van der Waals surface area contributed by atoms with Crippen molar-refractivity contribution in [3.05, 3.63) is 66.4 Å². The van der Waals surface area contributed by atoms with Gasteiger partial charge in [-0.3, -0.25) is 4.79 Å². The fourth-order valence-electron chi connectivity index (χ4n) is 4.92. The molecular weight excluding hydrogens is 433 g/mol. The molecule has 1 aromatic carbocycles. The summed E-state index contributed by atoms with van der Waals surface area (Å²) in [5.41, 5.74) is 0.181. The maximum Gasteiger partial charge on any atom is 0.434 e. The zero-order chi connectivity index (χ0) is 23.2. The third-order valence-electron chi connectivity index (χ3n) is 6.46. The summed E-state index contributed by atoms with van der Waals surface area (Å²) in [5.74, 6) is 1.07. The first-order chi connectivity index (χ1) is 15.8. The number of carbonyl (C=O) groups is 1. The summed E-state index contributed by atoms with van der Waals surface area (Å²) in [6.07, 6.45) is 2.32. The van der Waals surface area contributed by atoms with Crippen LogP contribution in [0.2, 0.25) is 0 Å². The van der Waals surface area contributed by atoms with Gasteiger partial charge in [-0.05, 0) is 30.9 Å². The van der Waals surface area contributed by atoms with Crippen molar-refractivity contribution in [2.45, 2.75) is 31.1 Å².